The molecule has 2 heterocycles. The van der Waals surface area contributed by atoms with Crippen LogP contribution in [0.5, 0.6) is 0 Å². The first kappa shape index (κ1) is 29.6. The molecule has 0 aliphatic heterocycles. The van der Waals surface area contributed by atoms with Crippen molar-refractivity contribution in [2.24, 2.45) is 0 Å². The van der Waals surface area contributed by atoms with E-state index in [0.29, 0.717) is 11.3 Å². The fourth-order valence-electron chi connectivity index (χ4n) is 4.25. The molecule has 0 aliphatic carbocycles. The highest BCUT2D eigenvalue weighted by atomic mass is 16.4. The highest BCUT2D eigenvalue weighted by Gasteiger charge is 2.20. The van der Waals surface area contributed by atoms with Crippen LogP contribution in [0.4, 0.5) is 29.1 Å². The van der Waals surface area contributed by atoms with Crippen molar-refractivity contribution in [1.82, 2.24) is 24.7 Å². The van der Waals surface area contributed by atoms with Crippen molar-refractivity contribution in [3.05, 3.63) is 94.5 Å². The average molecular weight is 611 g/mol. The second kappa shape index (κ2) is 11.8. The van der Waals surface area contributed by atoms with Gasteiger partial charge in [0.25, 0.3) is 5.95 Å². The number of nitrogens with one attached hydrogen (secondary N) is 2. The van der Waals surface area contributed by atoms with Crippen LogP contribution in [0, 0.1) is 6.92 Å². The molecular formula is C29H22N8O8. The summed E-state index contributed by atoms with van der Waals surface area (Å²) in [5.41, 5.74) is 6.99. The number of aromatic nitrogens is 5. The molecule has 5 aromatic rings. The van der Waals surface area contributed by atoms with Crippen molar-refractivity contribution in [2.75, 3.05) is 16.4 Å². The molecular weight excluding hydrogens is 588 g/mol. The summed E-state index contributed by atoms with van der Waals surface area (Å²) < 4.78 is 1.22. The number of rotatable bonds is 10. The molecule has 0 radical (unpaired) electrons. The van der Waals surface area contributed by atoms with Gasteiger partial charge in [0, 0.05) is 22.5 Å². The third kappa shape index (κ3) is 6.33. The molecule has 0 saturated heterocycles. The molecule has 2 aromatic heterocycles. The summed E-state index contributed by atoms with van der Waals surface area (Å²) in [5.74, 6) is -5.91. The zero-order valence-electron chi connectivity index (χ0n) is 23.1. The van der Waals surface area contributed by atoms with Crippen molar-refractivity contribution in [1.29, 1.82) is 0 Å². The molecule has 8 N–H and O–H groups in total. The summed E-state index contributed by atoms with van der Waals surface area (Å²) in [6, 6.07) is 15.8. The normalized spacial score (nSPS) is 10.7. The van der Waals surface area contributed by atoms with Gasteiger partial charge in [-0.15, -0.1) is 0 Å². The Hall–Kier alpha value is -6.84. The second-order valence-electron chi connectivity index (χ2n) is 9.49. The lowest BCUT2D eigenvalue weighted by Gasteiger charge is -2.12. The third-order valence-corrected chi connectivity index (χ3v) is 6.39. The van der Waals surface area contributed by atoms with E-state index < -0.39 is 23.9 Å². The summed E-state index contributed by atoms with van der Waals surface area (Å²) >= 11 is 0. The maximum Gasteiger partial charge on any atom is 0.335 e. The van der Waals surface area contributed by atoms with Gasteiger partial charge in [-0.3, -0.25) is 0 Å². The number of hydrogen-bond acceptors (Lipinski definition) is 11. The van der Waals surface area contributed by atoms with Crippen molar-refractivity contribution < 1.29 is 39.6 Å². The quantitative estimate of drug-likeness (QED) is 0.118. The van der Waals surface area contributed by atoms with E-state index in [2.05, 4.69) is 30.7 Å². The first-order chi connectivity index (χ1) is 21.4. The van der Waals surface area contributed by atoms with Gasteiger partial charge in [0.1, 0.15) is 5.82 Å². The lowest BCUT2D eigenvalue weighted by molar-refractivity contribution is 0.0676. The average Bonchev–Trinajstić information content (AvgIpc) is 3.30. The molecule has 0 bridgehead atoms. The lowest BCUT2D eigenvalue weighted by atomic mass is 10.1. The fraction of sp³-hybridized carbons (Fsp3) is 0.0345. The Morgan fingerprint density at radius 1 is 0.667 bits per heavy atom. The molecule has 16 nitrogen and oxygen atoms in total. The number of nitrogens with zero attached hydrogens (tertiary/aromatic N) is 5. The van der Waals surface area contributed by atoms with Gasteiger partial charge in [-0.25, -0.2) is 19.2 Å². The van der Waals surface area contributed by atoms with Gasteiger partial charge in [0.15, 0.2) is 0 Å². The highest BCUT2D eigenvalue weighted by molar-refractivity contribution is 5.96. The summed E-state index contributed by atoms with van der Waals surface area (Å²) in [4.78, 5) is 59.5. The number of benzene rings is 3. The molecule has 45 heavy (non-hydrogen) atoms. The van der Waals surface area contributed by atoms with Gasteiger partial charge in [0.05, 0.1) is 27.9 Å². The first-order valence-electron chi connectivity index (χ1n) is 12.8. The third-order valence-electron chi connectivity index (χ3n) is 6.39. The Kier molecular flexibility index (Phi) is 7.78. The summed E-state index contributed by atoms with van der Waals surface area (Å²) in [5, 5.41) is 48.0. The monoisotopic (exact) mass is 610 g/mol. The lowest BCUT2D eigenvalue weighted by Crippen LogP contribution is -2.13. The minimum atomic E-state index is -1.37. The Bertz CT molecular complexity index is 1850. The number of carboxylic acid groups (broad SMARTS) is 4. The van der Waals surface area contributed by atoms with E-state index in [1.165, 1.54) is 28.9 Å². The summed E-state index contributed by atoms with van der Waals surface area (Å²) in [6.07, 6.45) is 0. The summed E-state index contributed by atoms with van der Waals surface area (Å²) in [6.45, 7) is 1.75. The van der Waals surface area contributed by atoms with E-state index in [-0.39, 0.29) is 57.3 Å². The van der Waals surface area contributed by atoms with Gasteiger partial charge in [-0.1, -0.05) is 30.3 Å². The number of carbonyl (C=O) groups is 4. The Balaban J connectivity index is 1.65. The molecule has 3 aromatic carbocycles. The molecule has 0 fully saturated rings. The number of hydrogen-bond donors (Lipinski definition) is 7. The number of anilines is 5. The minimum absolute atomic E-state index is 0.00558. The van der Waals surface area contributed by atoms with Crippen LogP contribution in [0.3, 0.4) is 0 Å². The number of aromatic carboxylic acids is 4. The SMILES string of the molecule is Cc1c(-c2ccccc2)nn(-c2nc(Nc3cc(C(=O)O)cc(C(=O)O)c3)nc(Nc3cc(C(=O)O)cc(C(=O)O)c3)n2)c1N. The predicted octanol–water partition coefficient (Wildman–Crippen LogP) is 3.89. The predicted molar refractivity (Wildman–Crippen MR) is 159 cm³/mol. The number of nitrogens with two attached hydrogens (primary N) is 1. The fourth-order valence-corrected chi connectivity index (χ4v) is 4.25. The van der Waals surface area contributed by atoms with Crippen molar-refractivity contribution in [3.8, 4) is 17.2 Å². The van der Waals surface area contributed by atoms with Crippen molar-refractivity contribution in [2.45, 2.75) is 6.92 Å². The zero-order chi connectivity index (χ0) is 32.4. The van der Waals surface area contributed by atoms with Gasteiger partial charge in [0.2, 0.25) is 11.9 Å². The maximum absolute atomic E-state index is 11.6. The molecule has 16 heteroatoms. The van der Waals surface area contributed by atoms with E-state index in [1.807, 2.05) is 30.3 Å². The van der Waals surface area contributed by atoms with Crippen LogP contribution in [-0.4, -0.2) is 69.0 Å². The van der Waals surface area contributed by atoms with E-state index >= 15 is 0 Å². The van der Waals surface area contributed by atoms with Gasteiger partial charge < -0.3 is 36.8 Å². The van der Waals surface area contributed by atoms with Gasteiger partial charge in [-0.05, 0) is 43.3 Å². The van der Waals surface area contributed by atoms with Crippen LogP contribution < -0.4 is 16.4 Å². The van der Waals surface area contributed by atoms with Crippen LogP contribution in [0.15, 0.2) is 66.7 Å². The second-order valence-corrected chi connectivity index (χ2v) is 9.49. The van der Waals surface area contributed by atoms with E-state index in [1.54, 1.807) is 6.92 Å². The van der Waals surface area contributed by atoms with Crippen LogP contribution in [0.1, 0.15) is 47.0 Å². The first-order valence-corrected chi connectivity index (χ1v) is 12.8. The molecule has 0 atom stereocenters. The van der Waals surface area contributed by atoms with Crippen LogP contribution in [0.2, 0.25) is 0 Å². The Morgan fingerprint density at radius 3 is 1.49 bits per heavy atom. The molecule has 0 amide bonds. The minimum Gasteiger partial charge on any atom is -0.478 e. The van der Waals surface area contributed by atoms with Crippen LogP contribution in [-0.2, 0) is 0 Å². The molecule has 0 spiro atoms. The topological polar surface area (TPSA) is 256 Å². The van der Waals surface area contributed by atoms with Crippen LogP contribution in [0.25, 0.3) is 17.2 Å². The largest absolute Gasteiger partial charge is 0.478 e. The Morgan fingerprint density at radius 2 is 1.09 bits per heavy atom. The Labute approximate surface area is 252 Å². The van der Waals surface area contributed by atoms with Crippen molar-refractivity contribution in [3.63, 3.8) is 0 Å². The smallest absolute Gasteiger partial charge is 0.335 e. The number of carboxylic acids is 4. The molecule has 0 unspecified atom stereocenters. The number of nitrogen functional groups attached to an aromatic ring is 1. The standard InChI is InChI=1S/C29H22N8O8/c1-13-21(14-5-3-2-4-6-14)36-37(22(13)30)29-34-27(31-19-9-15(23(38)39)7-16(10-19)24(40)41)33-28(35-29)32-20-11-17(25(42)43)8-18(12-20)26(44)45/h2-12H,30H2,1H3,(H,38,39)(H,40,41)(H,42,43)(H,44,45)(H2,31,32,33,34,35). The summed E-state index contributed by atoms with van der Waals surface area (Å²) in [7, 11) is 0. The highest BCUT2D eigenvalue weighted by Crippen LogP contribution is 2.29. The molecule has 0 saturated carbocycles. The molecule has 226 valence electrons. The maximum atomic E-state index is 11.6. The molecule has 0 aliphatic rings. The zero-order valence-corrected chi connectivity index (χ0v) is 23.1. The van der Waals surface area contributed by atoms with Crippen molar-refractivity contribution >= 4 is 53.0 Å². The van der Waals surface area contributed by atoms with E-state index in [0.717, 1.165) is 17.7 Å². The van der Waals surface area contributed by atoms with Crippen LogP contribution >= 0.6 is 0 Å². The van der Waals surface area contributed by atoms with E-state index in [4.69, 9.17) is 5.73 Å². The molecule has 5 rings (SSSR count). The van der Waals surface area contributed by atoms with Gasteiger partial charge in [-0.2, -0.15) is 24.7 Å². The van der Waals surface area contributed by atoms with E-state index in [9.17, 15) is 39.6 Å². The van der Waals surface area contributed by atoms with Gasteiger partial charge >= 0.3 is 23.9 Å².